The van der Waals surface area contributed by atoms with Gasteiger partial charge < -0.3 is 4.74 Å². The number of carbonyl (C=O) groups excluding carboxylic acids is 1. The number of esters is 1. The van der Waals surface area contributed by atoms with Crippen LogP contribution in [0.5, 0.6) is 5.75 Å². The Morgan fingerprint density at radius 3 is 2.67 bits per heavy atom. The molecule has 0 aliphatic carbocycles. The molecule has 7 nitrogen and oxygen atoms in total. The summed E-state index contributed by atoms with van der Waals surface area (Å²) < 4.78 is 7.21. The largest absolute Gasteiger partial charge is 0.426 e. The van der Waals surface area contributed by atoms with Gasteiger partial charge in [-0.1, -0.05) is 52.6 Å². The summed E-state index contributed by atoms with van der Waals surface area (Å²) in [6.45, 7) is 0. The number of benzene rings is 1. The fraction of sp³-hybridized carbons (Fsp3) is 0.0769. The number of nitroso groups, excluding NO2 is 1. The molecule has 2 aromatic heterocycles. The van der Waals surface area contributed by atoms with Crippen LogP contribution in [0, 0.1) is 4.91 Å². The van der Waals surface area contributed by atoms with Crippen LogP contribution in [0.2, 0.25) is 0 Å². The van der Waals surface area contributed by atoms with Crippen LogP contribution in [0.25, 0.3) is 0 Å². The van der Waals surface area contributed by atoms with E-state index in [0.717, 1.165) is 0 Å². The van der Waals surface area contributed by atoms with Crippen molar-refractivity contribution in [3.63, 3.8) is 0 Å². The van der Waals surface area contributed by atoms with Gasteiger partial charge in [0.1, 0.15) is 5.75 Å². The molecule has 0 unspecified atom stereocenters. The predicted octanol–water partition coefficient (Wildman–Crippen LogP) is 4.24. The van der Waals surface area contributed by atoms with Crippen molar-refractivity contribution < 1.29 is 9.53 Å². The van der Waals surface area contributed by atoms with Gasteiger partial charge in [-0.15, -0.1) is 15.1 Å². The smallest absolute Gasteiger partial charge is 0.321 e. The maximum Gasteiger partial charge on any atom is 0.321 e. The summed E-state index contributed by atoms with van der Waals surface area (Å²) in [5.41, 5.74) is 0. The van der Waals surface area contributed by atoms with Crippen LogP contribution in [0.4, 0.5) is 5.00 Å². The molecule has 0 spiro atoms. The molecular formula is C13H8N4O3S4. The van der Waals surface area contributed by atoms with Gasteiger partial charge in [-0.2, -0.15) is 0 Å². The average molecular weight is 396 g/mol. The van der Waals surface area contributed by atoms with Gasteiger partial charge in [0.15, 0.2) is 18.0 Å². The number of carbonyl (C=O) groups is 1. The van der Waals surface area contributed by atoms with E-state index in [1.165, 1.54) is 52.4 Å². The lowest BCUT2D eigenvalue weighted by Gasteiger charge is -2.01. The van der Waals surface area contributed by atoms with Gasteiger partial charge in [0, 0.05) is 0 Å². The lowest BCUT2D eigenvalue weighted by Crippen LogP contribution is -2.10. The Hall–Kier alpha value is -1.82. The maximum atomic E-state index is 11.8. The number of aromatic nitrogens is 3. The first-order valence-electron chi connectivity index (χ1n) is 6.42. The van der Waals surface area contributed by atoms with Crippen LogP contribution in [0.15, 0.2) is 54.7 Å². The number of hydrogen-bond acceptors (Lipinski definition) is 11. The Bertz CT molecular complexity index is 837. The molecule has 0 atom stereocenters. The zero-order valence-electron chi connectivity index (χ0n) is 11.8. The van der Waals surface area contributed by atoms with E-state index in [-0.39, 0.29) is 11.7 Å². The Morgan fingerprint density at radius 2 is 1.92 bits per heavy atom. The SMILES string of the molecule is O=Nc1cnc(Sc2nnc(SCC(=O)Oc3ccccc3)s2)s1. The van der Waals surface area contributed by atoms with E-state index >= 15 is 0 Å². The third kappa shape index (κ3) is 4.84. The first-order chi connectivity index (χ1) is 11.7. The quantitative estimate of drug-likeness (QED) is 0.253. The minimum atomic E-state index is -0.350. The molecule has 3 rings (SSSR count). The number of hydrogen-bond donors (Lipinski definition) is 0. The zero-order valence-corrected chi connectivity index (χ0v) is 15.1. The summed E-state index contributed by atoms with van der Waals surface area (Å²) in [5.74, 6) is 0.308. The van der Waals surface area contributed by atoms with Crippen molar-refractivity contribution in [3.05, 3.63) is 41.4 Å². The van der Waals surface area contributed by atoms with Gasteiger partial charge in [0.25, 0.3) is 0 Å². The number of rotatable bonds is 7. The predicted molar refractivity (Wildman–Crippen MR) is 94.4 cm³/mol. The molecule has 122 valence electrons. The molecule has 24 heavy (non-hydrogen) atoms. The molecular weight excluding hydrogens is 388 g/mol. The Morgan fingerprint density at radius 1 is 1.12 bits per heavy atom. The van der Waals surface area contributed by atoms with Crippen molar-refractivity contribution in [2.24, 2.45) is 5.18 Å². The average Bonchev–Trinajstić information content (AvgIpc) is 3.23. The van der Waals surface area contributed by atoms with Crippen LogP contribution in [0.3, 0.4) is 0 Å². The highest BCUT2D eigenvalue weighted by molar-refractivity contribution is 8.04. The fourth-order valence-electron chi connectivity index (χ4n) is 1.48. The third-order valence-corrected chi connectivity index (χ3v) is 6.44. The highest BCUT2D eigenvalue weighted by atomic mass is 32.2. The molecule has 0 saturated carbocycles. The number of nitrogens with zero attached hydrogens (tertiary/aromatic N) is 4. The number of thioether (sulfide) groups is 1. The van der Waals surface area contributed by atoms with E-state index in [0.29, 0.717) is 23.8 Å². The highest BCUT2D eigenvalue weighted by Crippen LogP contribution is 2.37. The summed E-state index contributed by atoms with van der Waals surface area (Å²) >= 11 is 5.10. The number of para-hydroxylation sites is 1. The monoisotopic (exact) mass is 396 g/mol. The van der Waals surface area contributed by atoms with Crippen LogP contribution in [-0.2, 0) is 4.79 Å². The lowest BCUT2D eigenvalue weighted by atomic mass is 10.3. The molecule has 0 bridgehead atoms. The summed E-state index contributed by atoms with van der Waals surface area (Å²) in [7, 11) is 0. The minimum Gasteiger partial charge on any atom is -0.426 e. The van der Waals surface area contributed by atoms with Crippen molar-refractivity contribution >= 4 is 57.2 Å². The van der Waals surface area contributed by atoms with Crippen molar-refractivity contribution in [3.8, 4) is 5.75 Å². The molecule has 1 aromatic carbocycles. The molecule has 0 aliphatic heterocycles. The fourth-order valence-corrected chi connectivity index (χ4v) is 5.22. The molecule has 11 heteroatoms. The Balaban J connectivity index is 1.50. The lowest BCUT2D eigenvalue weighted by molar-refractivity contribution is -0.131. The van der Waals surface area contributed by atoms with E-state index in [9.17, 15) is 9.70 Å². The molecule has 0 aliphatic rings. The van der Waals surface area contributed by atoms with E-state index in [4.69, 9.17) is 4.74 Å². The molecule has 0 fully saturated rings. The molecule has 0 radical (unpaired) electrons. The normalized spacial score (nSPS) is 10.5. The minimum absolute atomic E-state index is 0.144. The van der Waals surface area contributed by atoms with Gasteiger partial charge in [-0.25, -0.2) is 4.98 Å². The Labute approximate surface area is 152 Å². The van der Waals surface area contributed by atoms with Gasteiger partial charge in [-0.05, 0) is 29.1 Å². The first kappa shape index (κ1) is 17.0. The molecule has 2 heterocycles. The van der Waals surface area contributed by atoms with Crippen LogP contribution in [-0.4, -0.2) is 26.9 Å². The van der Waals surface area contributed by atoms with E-state index < -0.39 is 0 Å². The van der Waals surface area contributed by atoms with Crippen molar-refractivity contribution in [2.45, 2.75) is 13.0 Å². The zero-order chi connectivity index (χ0) is 16.8. The second kappa shape index (κ2) is 8.33. The van der Waals surface area contributed by atoms with Crippen LogP contribution >= 0.6 is 46.2 Å². The summed E-state index contributed by atoms with van der Waals surface area (Å²) in [5, 5.41) is 11.2. The first-order valence-corrected chi connectivity index (χ1v) is 9.85. The van der Waals surface area contributed by atoms with Gasteiger partial charge >= 0.3 is 5.97 Å². The number of thiazole rings is 1. The standard InChI is InChI=1S/C13H8N4O3S4/c18-10(20-8-4-2-1-3-5-8)7-21-12-15-16-13(24-12)23-11-14-6-9(17-19)22-11/h1-6H,7H2. The molecule has 3 aromatic rings. The van der Waals surface area contributed by atoms with Gasteiger partial charge in [0.05, 0.1) is 11.9 Å². The molecule has 0 N–H and O–H groups in total. The summed E-state index contributed by atoms with van der Waals surface area (Å²) in [6, 6.07) is 8.89. The third-order valence-electron chi connectivity index (χ3n) is 2.41. The molecule has 0 saturated heterocycles. The van der Waals surface area contributed by atoms with Crippen LogP contribution in [0.1, 0.15) is 0 Å². The van der Waals surface area contributed by atoms with Crippen LogP contribution < -0.4 is 4.74 Å². The highest BCUT2D eigenvalue weighted by Gasteiger charge is 2.12. The second-order valence-electron chi connectivity index (χ2n) is 4.07. The summed E-state index contributed by atoms with van der Waals surface area (Å²) in [4.78, 5) is 26.2. The van der Waals surface area contributed by atoms with E-state index in [2.05, 4.69) is 20.4 Å². The van der Waals surface area contributed by atoms with Gasteiger partial charge in [-0.3, -0.25) is 4.79 Å². The topological polar surface area (TPSA) is 94.4 Å². The molecule has 0 amide bonds. The summed E-state index contributed by atoms with van der Waals surface area (Å²) in [6.07, 6.45) is 1.41. The number of ether oxygens (including phenoxy) is 1. The van der Waals surface area contributed by atoms with Gasteiger partial charge in [0.2, 0.25) is 0 Å². The maximum absolute atomic E-state index is 11.8. The Kier molecular flexibility index (Phi) is 5.91. The second-order valence-corrected chi connectivity index (χ2v) is 8.77. The van der Waals surface area contributed by atoms with E-state index in [1.54, 1.807) is 24.3 Å². The van der Waals surface area contributed by atoms with Crippen molar-refractivity contribution in [1.29, 1.82) is 0 Å². The van der Waals surface area contributed by atoms with E-state index in [1.807, 2.05) is 6.07 Å². The van der Waals surface area contributed by atoms with Crippen molar-refractivity contribution in [2.75, 3.05) is 5.75 Å². The van der Waals surface area contributed by atoms with Crippen molar-refractivity contribution in [1.82, 2.24) is 15.2 Å².